The summed E-state index contributed by atoms with van der Waals surface area (Å²) >= 11 is 0. The molecule has 1 heteroatoms. The van der Waals surface area contributed by atoms with Crippen molar-refractivity contribution in [1.29, 1.82) is 0 Å². The van der Waals surface area contributed by atoms with Gasteiger partial charge in [0.25, 0.3) is 0 Å². The smallest absolute Gasteiger partial charge is 0.0629 e. The molecule has 53 heavy (non-hydrogen) atoms. The van der Waals surface area contributed by atoms with Crippen molar-refractivity contribution in [2.45, 2.75) is 0 Å². The summed E-state index contributed by atoms with van der Waals surface area (Å²) in [4.78, 5) is 2.25. The molecule has 0 amide bonds. The molecule has 10 aromatic rings. The average Bonchev–Trinajstić information content (AvgIpc) is 3.29. The average molecular weight is 681 g/mol. The van der Waals surface area contributed by atoms with Crippen molar-refractivity contribution in [2.24, 2.45) is 0 Å². The van der Waals surface area contributed by atoms with E-state index in [1.807, 2.05) is 54.6 Å². The van der Waals surface area contributed by atoms with Crippen molar-refractivity contribution in [1.82, 2.24) is 0 Å². The molecule has 0 atom stereocenters. The van der Waals surface area contributed by atoms with Crippen LogP contribution in [0.15, 0.2) is 212 Å². The Kier molecular flexibility index (Phi) is 5.94. The molecule has 0 radical (unpaired) electrons. The normalized spacial score (nSPS) is 13.2. The number of nitrogens with zero attached hydrogens (tertiary/aromatic N) is 1. The molecule has 0 saturated heterocycles. The highest BCUT2D eigenvalue weighted by Gasteiger charge is 2.17. The zero-order valence-electron chi connectivity index (χ0n) is 35.6. The van der Waals surface area contributed by atoms with Gasteiger partial charge < -0.3 is 4.90 Å². The fourth-order valence-electron chi connectivity index (χ4n) is 7.49. The maximum atomic E-state index is 9.20. The molecule has 0 aliphatic heterocycles. The second-order valence-electron chi connectivity index (χ2n) is 13.2. The van der Waals surface area contributed by atoms with Gasteiger partial charge in [0.2, 0.25) is 0 Å². The van der Waals surface area contributed by atoms with Crippen LogP contribution in [0.5, 0.6) is 0 Å². The van der Waals surface area contributed by atoms with Gasteiger partial charge in [-0.2, -0.15) is 0 Å². The van der Waals surface area contributed by atoms with Crippen molar-refractivity contribution in [3.63, 3.8) is 0 Å². The third-order valence-corrected chi connectivity index (χ3v) is 10.1. The Morgan fingerprint density at radius 2 is 0.887 bits per heavy atom. The maximum absolute atomic E-state index is 9.20. The number of hydrogen-bond acceptors (Lipinski definition) is 1. The molecule has 10 aromatic carbocycles. The third kappa shape index (κ3) is 5.60. The van der Waals surface area contributed by atoms with Gasteiger partial charge in [0.1, 0.15) is 0 Å². The number of fused-ring (bicyclic) bond motifs is 4. The molecule has 0 unspecified atom stereocenters. The topological polar surface area (TPSA) is 3.24 Å². The highest BCUT2D eigenvalue weighted by atomic mass is 15.1. The molecule has 0 bridgehead atoms. The van der Waals surface area contributed by atoms with Gasteiger partial charge in [-0.15, -0.1) is 0 Å². The Bertz CT molecular complexity index is 3330. The number of anilines is 3. The van der Waals surface area contributed by atoms with Gasteiger partial charge in [-0.25, -0.2) is 0 Å². The molecule has 0 heterocycles. The first kappa shape index (κ1) is 24.3. The maximum Gasteiger partial charge on any atom is 0.0629 e. The molecule has 0 aliphatic carbocycles. The molecule has 0 aliphatic rings. The van der Waals surface area contributed by atoms with E-state index in [1.165, 1.54) is 10.8 Å². The van der Waals surface area contributed by atoms with Crippen molar-refractivity contribution in [3.05, 3.63) is 212 Å². The van der Waals surface area contributed by atoms with Gasteiger partial charge in [0, 0.05) is 16.8 Å². The minimum absolute atomic E-state index is 0.0643. The highest BCUT2D eigenvalue weighted by molar-refractivity contribution is 6.05. The predicted octanol–water partition coefficient (Wildman–Crippen LogP) is 14.8. The molecule has 248 valence electrons. The van der Waals surface area contributed by atoms with Gasteiger partial charge in [0.15, 0.2) is 0 Å². The summed E-state index contributed by atoms with van der Waals surface area (Å²) in [5.41, 5.74) is 7.47. The van der Waals surface area contributed by atoms with Gasteiger partial charge >= 0.3 is 0 Å². The monoisotopic (exact) mass is 680 g/mol. The molecule has 0 spiro atoms. The second kappa shape index (κ2) is 13.0. The summed E-state index contributed by atoms with van der Waals surface area (Å²) in [7, 11) is 0. The zero-order chi connectivity index (χ0) is 41.2. The van der Waals surface area contributed by atoms with Crippen LogP contribution in [-0.2, 0) is 0 Å². The van der Waals surface area contributed by atoms with E-state index in [9.17, 15) is 1.37 Å². The van der Waals surface area contributed by atoms with Crippen LogP contribution in [0.1, 0.15) is 9.60 Å². The van der Waals surface area contributed by atoms with Crippen LogP contribution in [0.25, 0.3) is 76.5 Å². The van der Waals surface area contributed by atoms with Crippen molar-refractivity contribution >= 4 is 60.2 Å². The van der Waals surface area contributed by atoms with Crippen LogP contribution in [-0.4, -0.2) is 0 Å². The summed E-state index contributed by atoms with van der Waals surface area (Å²) in [6, 6.07) is 55.5. The molecular weight excluding hydrogens is 639 g/mol. The SMILES string of the molecule is [2H]c1c([2H])c([2H])c2c(-c3cc4ccccc4cc3-c3ccc(N(c4ccc(-c5ccc6ccccc6c5)cc4)c4cccc5ccccc45)cc3)c([2H])c([2H])c([2H])c2c1[2H]. The summed E-state index contributed by atoms with van der Waals surface area (Å²) in [5.74, 6) is 0. The Morgan fingerprint density at radius 3 is 1.64 bits per heavy atom. The van der Waals surface area contributed by atoms with Crippen LogP contribution in [0.2, 0.25) is 0 Å². The quantitative estimate of drug-likeness (QED) is 0.169. The van der Waals surface area contributed by atoms with E-state index in [4.69, 9.17) is 8.22 Å². The van der Waals surface area contributed by atoms with Gasteiger partial charge in [-0.3, -0.25) is 0 Å². The zero-order valence-corrected chi connectivity index (χ0v) is 28.6. The number of rotatable bonds is 6. The van der Waals surface area contributed by atoms with Crippen LogP contribution in [0.4, 0.5) is 17.1 Å². The van der Waals surface area contributed by atoms with Crippen molar-refractivity contribution < 1.29 is 9.60 Å². The van der Waals surface area contributed by atoms with E-state index in [0.717, 1.165) is 60.9 Å². The van der Waals surface area contributed by atoms with E-state index in [-0.39, 0.29) is 28.4 Å². The van der Waals surface area contributed by atoms with E-state index in [1.54, 1.807) is 0 Å². The predicted molar refractivity (Wildman–Crippen MR) is 227 cm³/mol. The summed E-state index contributed by atoms with van der Waals surface area (Å²) < 4.78 is 61.3. The lowest BCUT2D eigenvalue weighted by atomic mass is 9.89. The van der Waals surface area contributed by atoms with Crippen LogP contribution in [0, 0.1) is 0 Å². The number of hydrogen-bond donors (Lipinski definition) is 0. The highest BCUT2D eigenvalue weighted by Crippen LogP contribution is 2.43. The van der Waals surface area contributed by atoms with Gasteiger partial charge in [-0.05, 0) is 120 Å². The van der Waals surface area contributed by atoms with E-state index >= 15 is 0 Å². The van der Waals surface area contributed by atoms with Gasteiger partial charge in [-0.1, -0.05) is 164 Å². The largest absolute Gasteiger partial charge is 0.310 e. The molecule has 1 nitrogen and oxygen atoms in total. The van der Waals surface area contributed by atoms with E-state index < -0.39 is 30.2 Å². The first-order chi connectivity index (χ1) is 29.2. The van der Waals surface area contributed by atoms with E-state index in [2.05, 4.69) is 120 Å². The summed E-state index contributed by atoms with van der Waals surface area (Å²) in [6.07, 6.45) is 0. The molecule has 0 aromatic heterocycles. The lowest BCUT2D eigenvalue weighted by Gasteiger charge is -2.27. The van der Waals surface area contributed by atoms with Crippen molar-refractivity contribution in [3.8, 4) is 33.4 Å². The minimum Gasteiger partial charge on any atom is -0.310 e. The lowest BCUT2D eigenvalue weighted by molar-refractivity contribution is 1.30. The van der Waals surface area contributed by atoms with Crippen LogP contribution < -0.4 is 4.90 Å². The fourth-order valence-corrected chi connectivity index (χ4v) is 7.49. The fraction of sp³-hybridized carbons (Fsp3) is 0. The number of benzene rings is 10. The summed E-state index contributed by atoms with van der Waals surface area (Å²) in [6.45, 7) is 0. The molecule has 10 rings (SSSR count). The van der Waals surface area contributed by atoms with E-state index in [0.29, 0.717) is 5.56 Å². The standard InChI is InChI=1S/C52H35N/c1-2-14-41-33-44(24-23-36(41)11-1)37-25-29-45(30-26-37)53(52-22-10-18-39-13-6-8-20-48(39)52)46-31-27-40(28-32-46)50-34-42-15-3-4-16-43(42)35-51(50)49-21-9-17-38-12-5-7-19-47(38)49/h1-35H/i5D,7D,9D,12D,17D,19D,21D. The Labute approximate surface area is 319 Å². The summed E-state index contributed by atoms with van der Waals surface area (Å²) in [5, 5.41) is 6.43. The minimum atomic E-state index is -0.475. The molecular formula is C52H35N. The van der Waals surface area contributed by atoms with Crippen molar-refractivity contribution in [2.75, 3.05) is 4.90 Å². The first-order valence-corrected chi connectivity index (χ1v) is 17.7. The Balaban J connectivity index is 1.15. The first-order valence-electron chi connectivity index (χ1n) is 21.2. The Morgan fingerprint density at radius 1 is 0.321 bits per heavy atom. The molecule has 0 N–H and O–H groups in total. The lowest BCUT2D eigenvalue weighted by Crippen LogP contribution is -2.10. The van der Waals surface area contributed by atoms with Gasteiger partial charge in [0.05, 0.1) is 15.3 Å². The van der Waals surface area contributed by atoms with Crippen LogP contribution >= 0.6 is 0 Å². The Hall–Kier alpha value is -6.96. The molecule has 0 fully saturated rings. The third-order valence-electron chi connectivity index (χ3n) is 10.1. The van der Waals surface area contributed by atoms with Crippen LogP contribution in [0.3, 0.4) is 0 Å². The molecule has 0 saturated carbocycles. The second-order valence-corrected chi connectivity index (χ2v) is 13.2.